The topological polar surface area (TPSA) is 29.6 Å². The van der Waals surface area contributed by atoms with E-state index in [-0.39, 0.29) is 11.9 Å². The van der Waals surface area contributed by atoms with Crippen LogP contribution in [0.4, 0.5) is 0 Å². The highest BCUT2D eigenvalue weighted by molar-refractivity contribution is 6.11. The van der Waals surface area contributed by atoms with Crippen molar-refractivity contribution in [2.75, 3.05) is 0 Å². The van der Waals surface area contributed by atoms with Crippen LogP contribution in [0.3, 0.4) is 0 Å². The molecule has 1 aliphatic carbocycles. The van der Waals surface area contributed by atoms with Crippen LogP contribution in [0, 0.1) is 0 Å². The summed E-state index contributed by atoms with van der Waals surface area (Å²) in [7, 11) is 0. The van der Waals surface area contributed by atoms with Crippen molar-refractivity contribution >= 4 is 11.9 Å². The van der Waals surface area contributed by atoms with Gasteiger partial charge >= 0.3 is 0 Å². The molecule has 17 heavy (non-hydrogen) atoms. The highest BCUT2D eigenvalue weighted by Gasteiger charge is 2.60. The minimum atomic E-state index is -0.622. The van der Waals surface area contributed by atoms with Crippen LogP contribution in [-0.4, -0.2) is 17.5 Å². The summed E-state index contributed by atoms with van der Waals surface area (Å²) >= 11 is 0. The van der Waals surface area contributed by atoms with Gasteiger partial charge < -0.3 is 4.74 Å². The predicted molar refractivity (Wildman–Crippen MR) is 66.9 cm³/mol. The normalized spacial score (nSPS) is 29.5. The SMILES string of the molecule is CCCC[C@H]1O[C@]12C=Cc1ccccc1C2=O. The summed E-state index contributed by atoms with van der Waals surface area (Å²) in [6.45, 7) is 2.16. The Morgan fingerprint density at radius 2 is 2.18 bits per heavy atom. The molecule has 2 nitrogen and oxygen atoms in total. The first-order chi connectivity index (χ1) is 8.28. The lowest BCUT2D eigenvalue weighted by Gasteiger charge is -2.15. The van der Waals surface area contributed by atoms with Gasteiger partial charge in [-0.2, -0.15) is 0 Å². The average Bonchev–Trinajstić information content (AvgIpc) is 3.07. The number of epoxide rings is 1. The molecule has 1 saturated heterocycles. The third kappa shape index (κ3) is 1.55. The molecule has 0 saturated carbocycles. The molecule has 2 heteroatoms. The average molecular weight is 228 g/mol. The van der Waals surface area contributed by atoms with Crippen molar-refractivity contribution in [2.24, 2.45) is 0 Å². The lowest BCUT2D eigenvalue weighted by Crippen LogP contribution is -2.28. The van der Waals surface area contributed by atoms with Crippen LogP contribution in [0.5, 0.6) is 0 Å². The maximum atomic E-state index is 12.4. The molecule has 1 aromatic rings. The number of carbonyl (C=O) groups excluding carboxylic acids is 1. The molecule has 1 aliphatic heterocycles. The van der Waals surface area contributed by atoms with Crippen molar-refractivity contribution < 1.29 is 9.53 Å². The number of rotatable bonds is 3. The van der Waals surface area contributed by atoms with Crippen LogP contribution in [-0.2, 0) is 4.74 Å². The Balaban J connectivity index is 1.87. The van der Waals surface area contributed by atoms with Gasteiger partial charge in [0.25, 0.3) is 0 Å². The van der Waals surface area contributed by atoms with Gasteiger partial charge in [0.2, 0.25) is 5.78 Å². The molecule has 1 spiro atoms. The lowest BCUT2D eigenvalue weighted by atomic mass is 9.85. The summed E-state index contributed by atoms with van der Waals surface area (Å²) in [4.78, 5) is 12.4. The van der Waals surface area contributed by atoms with E-state index in [0.29, 0.717) is 0 Å². The first kappa shape index (κ1) is 10.7. The maximum absolute atomic E-state index is 12.4. The summed E-state index contributed by atoms with van der Waals surface area (Å²) in [6, 6.07) is 7.73. The minimum absolute atomic E-state index is 0.0968. The van der Waals surface area contributed by atoms with Crippen molar-refractivity contribution in [3.63, 3.8) is 0 Å². The maximum Gasteiger partial charge on any atom is 0.201 e. The van der Waals surface area contributed by atoms with Crippen LogP contribution in [0.2, 0.25) is 0 Å². The summed E-state index contributed by atoms with van der Waals surface area (Å²) in [5.74, 6) is 0.136. The monoisotopic (exact) mass is 228 g/mol. The Morgan fingerprint density at radius 3 is 3.00 bits per heavy atom. The van der Waals surface area contributed by atoms with Gasteiger partial charge in [0, 0.05) is 5.56 Å². The molecule has 1 heterocycles. The van der Waals surface area contributed by atoms with Gasteiger partial charge in [-0.1, -0.05) is 50.1 Å². The van der Waals surface area contributed by atoms with Crippen LogP contribution < -0.4 is 0 Å². The van der Waals surface area contributed by atoms with E-state index in [0.717, 1.165) is 30.4 Å². The molecule has 3 rings (SSSR count). The molecule has 2 aliphatic rings. The third-order valence-corrected chi connectivity index (χ3v) is 3.65. The molecule has 1 aromatic carbocycles. The van der Waals surface area contributed by atoms with E-state index in [1.807, 2.05) is 36.4 Å². The van der Waals surface area contributed by atoms with Gasteiger partial charge in [0.15, 0.2) is 5.60 Å². The van der Waals surface area contributed by atoms with E-state index in [1.54, 1.807) is 0 Å². The molecular weight excluding hydrogens is 212 g/mol. The summed E-state index contributed by atoms with van der Waals surface area (Å²) in [5.41, 5.74) is 1.19. The number of ether oxygens (including phenoxy) is 1. The van der Waals surface area contributed by atoms with E-state index in [1.165, 1.54) is 0 Å². The molecule has 0 radical (unpaired) electrons. The fraction of sp³-hybridized carbons (Fsp3) is 0.400. The predicted octanol–water partition coefficient (Wildman–Crippen LogP) is 3.22. The number of benzene rings is 1. The smallest absolute Gasteiger partial charge is 0.201 e. The van der Waals surface area contributed by atoms with Crippen molar-refractivity contribution in [1.29, 1.82) is 0 Å². The molecule has 0 aromatic heterocycles. The largest absolute Gasteiger partial charge is 0.353 e. The van der Waals surface area contributed by atoms with Crippen molar-refractivity contribution in [3.05, 3.63) is 41.5 Å². The molecule has 88 valence electrons. The van der Waals surface area contributed by atoms with Crippen LogP contribution in [0.15, 0.2) is 30.3 Å². The van der Waals surface area contributed by atoms with Crippen molar-refractivity contribution in [2.45, 2.75) is 37.9 Å². The van der Waals surface area contributed by atoms with E-state index >= 15 is 0 Å². The molecule has 0 amide bonds. The molecular formula is C15H16O2. The molecule has 0 unspecified atom stereocenters. The number of Topliss-reactive ketones (excluding diaryl/α,β-unsaturated/α-hetero) is 1. The van der Waals surface area contributed by atoms with E-state index in [9.17, 15) is 4.79 Å². The Hall–Kier alpha value is -1.41. The Kier molecular flexibility index (Phi) is 2.40. The van der Waals surface area contributed by atoms with Gasteiger partial charge in [-0.3, -0.25) is 4.79 Å². The number of unbranched alkanes of at least 4 members (excludes halogenated alkanes) is 1. The Bertz CT molecular complexity index is 489. The highest BCUT2D eigenvalue weighted by atomic mass is 16.6. The third-order valence-electron chi connectivity index (χ3n) is 3.65. The lowest BCUT2D eigenvalue weighted by molar-refractivity contribution is 0.0907. The summed E-state index contributed by atoms with van der Waals surface area (Å²) in [5, 5.41) is 0. The van der Waals surface area contributed by atoms with E-state index in [2.05, 4.69) is 6.92 Å². The summed E-state index contributed by atoms with van der Waals surface area (Å²) in [6.07, 6.45) is 7.30. The van der Waals surface area contributed by atoms with Gasteiger partial charge in [-0.05, 0) is 18.1 Å². The summed E-state index contributed by atoms with van der Waals surface area (Å²) < 4.78 is 5.68. The molecule has 0 bridgehead atoms. The molecule has 0 N–H and O–H groups in total. The van der Waals surface area contributed by atoms with Crippen LogP contribution >= 0.6 is 0 Å². The Morgan fingerprint density at radius 1 is 1.35 bits per heavy atom. The highest BCUT2D eigenvalue weighted by Crippen LogP contribution is 2.46. The number of hydrogen-bond acceptors (Lipinski definition) is 2. The molecule has 1 fully saturated rings. The van der Waals surface area contributed by atoms with Crippen molar-refractivity contribution in [3.8, 4) is 0 Å². The minimum Gasteiger partial charge on any atom is -0.353 e. The van der Waals surface area contributed by atoms with Gasteiger partial charge in [-0.25, -0.2) is 0 Å². The second-order valence-corrected chi connectivity index (χ2v) is 4.79. The first-order valence-electron chi connectivity index (χ1n) is 6.29. The van der Waals surface area contributed by atoms with Crippen LogP contribution in [0.1, 0.15) is 42.1 Å². The number of ketones is 1. The first-order valence-corrected chi connectivity index (χ1v) is 6.29. The van der Waals surface area contributed by atoms with Crippen LogP contribution in [0.25, 0.3) is 6.08 Å². The molecule has 2 atom stereocenters. The van der Waals surface area contributed by atoms with Gasteiger partial charge in [0.1, 0.15) is 0 Å². The fourth-order valence-electron chi connectivity index (χ4n) is 2.56. The number of fused-ring (bicyclic) bond motifs is 1. The second-order valence-electron chi connectivity index (χ2n) is 4.79. The zero-order chi connectivity index (χ0) is 11.9. The standard InChI is InChI=1S/C15H16O2/c1-2-3-8-13-15(17-13)10-9-11-6-4-5-7-12(11)14(15)16/h4-7,9-10,13H,2-3,8H2,1H3/t13-,15-/m1/s1. The number of carbonyl (C=O) groups is 1. The number of hydrogen-bond donors (Lipinski definition) is 0. The quantitative estimate of drug-likeness (QED) is 0.743. The zero-order valence-corrected chi connectivity index (χ0v) is 9.98. The van der Waals surface area contributed by atoms with E-state index in [4.69, 9.17) is 4.74 Å². The second kappa shape index (κ2) is 3.81. The van der Waals surface area contributed by atoms with Gasteiger partial charge in [-0.15, -0.1) is 0 Å². The fourth-order valence-corrected chi connectivity index (χ4v) is 2.56. The zero-order valence-electron chi connectivity index (χ0n) is 9.98. The van der Waals surface area contributed by atoms with E-state index < -0.39 is 5.60 Å². The Labute approximate surface area is 101 Å². The van der Waals surface area contributed by atoms with Crippen molar-refractivity contribution in [1.82, 2.24) is 0 Å². The van der Waals surface area contributed by atoms with Gasteiger partial charge in [0.05, 0.1) is 6.10 Å².